The fraction of sp³-hybridized carbons (Fsp3) is 0.414. The number of ether oxygens (including phenoxy) is 1. The van der Waals surface area contributed by atoms with Crippen LogP contribution in [0, 0.1) is 5.92 Å². The molecule has 1 aliphatic heterocycles. The molecule has 0 spiro atoms. The number of likely N-dealkylation sites (N-methyl/N-ethyl adjacent to an activating group) is 1. The number of nitrogens with one attached hydrogen (secondary N) is 1. The molecule has 40 heavy (non-hydrogen) atoms. The second-order valence-electron chi connectivity index (χ2n) is 10.1. The van der Waals surface area contributed by atoms with Crippen molar-refractivity contribution in [3.63, 3.8) is 0 Å². The molecule has 3 heterocycles. The third-order valence-corrected chi connectivity index (χ3v) is 6.72. The Balaban J connectivity index is 1.44. The maximum absolute atomic E-state index is 13.3. The molecule has 2 aromatic heterocycles. The zero-order valence-corrected chi connectivity index (χ0v) is 23.0. The van der Waals surface area contributed by atoms with Gasteiger partial charge in [-0.25, -0.2) is 14.8 Å². The third kappa shape index (κ3) is 7.58. The third-order valence-electron chi connectivity index (χ3n) is 6.72. The van der Waals surface area contributed by atoms with Gasteiger partial charge in [0.15, 0.2) is 5.78 Å². The van der Waals surface area contributed by atoms with Gasteiger partial charge >= 0.3 is 6.09 Å². The van der Waals surface area contributed by atoms with Gasteiger partial charge in [0.25, 0.3) is 5.56 Å². The van der Waals surface area contributed by atoms with E-state index in [0.717, 1.165) is 22.8 Å². The number of hydrogen-bond donors (Lipinski definition) is 1. The topological polar surface area (TPSA) is 136 Å². The van der Waals surface area contributed by atoms with Crippen molar-refractivity contribution < 1.29 is 19.1 Å². The molecule has 2 amide bonds. The van der Waals surface area contributed by atoms with E-state index in [1.807, 2.05) is 6.08 Å². The fourth-order valence-electron chi connectivity index (χ4n) is 4.27. The van der Waals surface area contributed by atoms with Crippen molar-refractivity contribution in [1.82, 2.24) is 24.8 Å². The summed E-state index contributed by atoms with van der Waals surface area (Å²) < 4.78 is 6.19. The van der Waals surface area contributed by atoms with E-state index in [1.54, 1.807) is 38.5 Å². The minimum atomic E-state index is -0.881. The normalized spacial score (nSPS) is 15.1. The lowest BCUT2D eigenvalue weighted by atomic mass is 10.0. The summed E-state index contributed by atoms with van der Waals surface area (Å²) in [6.07, 6.45) is 13.1. The van der Waals surface area contributed by atoms with Gasteiger partial charge in [-0.2, -0.15) is 0 Å². The van der Waals surface area contributed by atoms with Crippen molar-refractivity contribution in [3.8, 4) is 0 Å². The first-order valence-electron chi connectivity index (χ1n) is 13.3. The number of fused-ring (bicyclic) bond motifs is 1. The molecule has 0 aromatic carbocycles. The molecule has 11 nitrogen and oxygen atoms in total. The van der Waals surface area contributed by atoms with E-state index >= 15 is 0 Å². The quantitative estimate of drug-likeness (QED) is 0.404. The van der Waals surface area contributed by atoms with Crippen molar-refractivity contribution in [2.75, 3.05) is 21.2 Å². The Morgan fingerprint density at radius 2 is 2.05 bits per heavy atom. The van der Waals surface area contributed by atoms with Crippen LogP contribution in [0.4, 0.5) is 10.5 Å². The highest BCUT2D eigenvalue weighted by molar-refractivity contribution is 5.94. The van der Waals surface area contributed by atoms with Gasteiger partial charge in [0.05, 0.1) is 31.1 Å². The standard InChI is InChI=1S/C29H34N6O5/c1-34(2)26(37)9-5-4-8-22(33-29(39)40-3)25(36)15-20-7-6-14-35(28(20)38)17-21-16-24-27(32-21)23(30-18-31-24)13-12-19-10-11-19/h5-7,9,12-14,18-19,22H,4,8,10-11,15-17H2,1-3H3,(H,33,39)/b9-5+,13-12+/t22-/m0/s1. The molecule has 1 N–H and O–H groups in total. The van der Waals surface area contributed by atoms with E-state index in [9.17, 15) is 19.2 Å². The molecule has 2 aliphatic rings. The number of pyridine rings is 1. The number of aromatic nitrogens is 3. The molecule has 1 aliphatic carbocycles. The van der Waals surface area contributed by atoms with Gasteiger partial charge in [0.2, 0.25) is 5.91 Å². The van der Waals surface area contributed by atoms with Crippen LogP contribution in [0.25, 0.3) is 6.08 Å². The first-order chi connectivity index (χ1) is 19.2. The smallest absolute Gasteiger partial charge is 0.407 e. The number of methoxy groups -OCH3 is 1. The summed E-state index contributed by atoms with van der Waals surface area (Å²) in [7, 11) is 4.49. The van der Waals surface area contributed by atoms with E-state index in [2.05, 4.69) is 26.1 Å². The van der Waals surface area contributed by atoms with Crippen LogP contribution in [0.5, 0.6) is 0 Å². The SMILES string of the molecule is COC(=O)N[C@@H](CC/C=C/C(=O)N(C)C)C(=O)Cc1cccn(CC2=Nc3c(/C=C/C4CC4)ncnc3C2)c1=O. The summed E-state index contributed by atoms with van der Waals surface area (Å²) in [6, 6.07) is 2.45. The molecular weight excluding hydrogens is 512 g/mol. The number of Topliss-reactive ketones (excluding diaryl/α,β-unsaturated/α-hetero) is 1. The minimum absolute atomic E-state index is 0.164. The lowest BCUT2D eigenvalue weighted by Gasteiger charge is -2.16. The Morgan fingerprint density at radius 1 is 1.25 bits per heavy atom. The predicted molar refractivity (Wildman–Crippen MR) is 150 cm³/mol. The van der Waals surface area contributed by atoms with Gasteiger partial charge in [0.1, 0.15) is 12.0 Å². The molecular formula is C29H34N6O5. The monoisotopic (exact) mass is 546 g/mol. The Labute approximate surface area is 232 Å². The summed E-state index contributed by atoms with van der Waals surface area (Å²) >= 11 is 0. The first-order valence-corrected chi connectivity index (χ1v) is 13.3. The van der Waals surface area contributed by atoms with E-state index < -0.39 is 12.1 Å². The number of allylic oxidation sites excluding steroid dienone is 2. The number of amides is 2. The van der Waals surface area contributed by atoms with Crippen LogP contribution >= 0.6 is 0 Å². The average molecular weight is 547 g/mol. The van der Waals surface area contributed by atoms with E-state index in [4.69, 9.17) is 4.99 Å². The lowest BCUT2D eigenvalue weighted by molar-refractivity contribution is -0.123. The number of alkyl carbamates (subject to hydrolysis) is 1. The number of aliphatic imine (C=N–C) groups is 1. The maximum Gasteiger partial charge on any atom is 0.407 e. The highest BCUT2D eigenvalue weighted by atomic mass is 16.5. The fourth-order valence-corrected chi connectivity index (χ4v) is 4.27. The largest absolute Gasteiger partial charge is 0.453 e. The summed E-state index contributed by atoms with van der Waals surface area (Å²) in [6.45, 7) is 0.261. The Hall–Kier alpha value is -4.41. The average Bonchev–Trinajstić information content (AvgIpc) is 3.67. The van der Waals surface area contributed by atoms with E-state index in [1.165, 1.54) is 41.8 Å². The summed E-state index contributed by atoms with van der Waals surface area (Å²) in [5, 5.41) is 2.54. The molecule has 0 radical (unpaired) electrons. The molecule has 11 heteroatoms. The van der Waals surface area contributed by atoms with Crippen LogP contribution in [-0.4, -0.2) is 70.2 Å². The Morgan fingerprint density at radius 3 is 2.77 bits per heavy atom. The molecule has 0 unspecified atom stereocenters. The van der Waals surface area contributed by atoms with Crippen LogP contribution < -0.4 is 10.9 Å². The predicted octanol–water partition coefficient (Wildman–Crippen LogP) is 2.65. The van der Waals surface area contributed by atoms with Gasteiger partial charge in [-0.1, -0.05) is 18.2 Å². The van der Waals surface area contributed by atoms with E-state index in [-0.39, 0.29) is 36.6 Å². The second-order valence-corrected chi connectivity index (χ2v) is 10.1. The molecule has 0 bridgehead atoms. The summed E-state index contributed by atoms with van der Waals surface area (Å²) in [5.74, 6) is 0.104. The van der Waals surface area contributed by atoms with Crippen LogP contribution in [0.15, 0.2) is 52.7 Å². The van der Waals surface area contributed by atoms with Crippen LogP contribution in [0.1, 0.15) is 42.6 Å². The highest BCUT2D eigenvalue weighted by Gasteiger charge is 2.24. The Bertz CT molecular complexity index is 1420. The first kappa shape index (κ1) is 28.6. The van der Waals surface area contributed by atoms with Crippen molar-refractivity contribution in [2.24, 2.45) is 10.9 Å². The van der Waals surface area contributed by atoms with Gasteiger partial charge in [-0.05, 0) is 49.8 Å². The second kappa shape index (κ2) is 13.1. The molecule has 1 fully saturated rings. The maximum atomic E-state index is 13.3. The summed E-state index contributed by atoms with van der Waals surface area (Å²) in [5.41, 5.74) is 3.15. The van der Waals surface area contributed by atoms with Gasteiger partial charge in [-0.15, -0.1) is 0 Å². The van der Waals surface area contributed by atoms with E-state index in [0.29, 0.717) is 24.3 Å². The van der Waals surface area contributed by atoms with Crippen molar-refractivity contribution in [1.29, 1.82) is 0 Å². The molecule has 210 valence electrons. The summed E-state index contributed by atoms with van der Waals surface area (Å²) in [4.78, 5) is 64.9. The van der Waals surface area contributed by atoms with Crippen LogP contribution in [-0.2, 0) is 33.7 Å². The van der Waals surface area contributed by atoms with Crippen LogP contribution in [0.3, 0.4) is 0 Å². The van der Waals surface area contributed by atoms with Gasteiger partial charge < -0.3 is 19.5 Å². The number of ketones is 1. The number of rotatable bonds is 12. The highest BCUT2D eigenvalue weighted by Crippen LogP contribution is 2.33. The van der Waals surface area contributed by atoms with Gasteiger partial charge in [0, 0.05) is 44.4 Å². The number of carbonyl (C=O) groups is 3. The molecule has 1 saturated carbocycles. The number of carbonyl (C=O) groups excluding carboxylic acids is 3. The Kier molecular flexibility index (Phi) is 9.36. The zero-order valence-electron chi connectivity index (χ0n) is 23.0. The van der Waals surface area contributed by atoms with Crippen LogP contribution in [0.2, 0.25) is 0 Å². The van der Waals surface area contributed by atoms with Crippen molar-refractivity contribution in [2.45, 2.75) is 51.1 Å². The molecule has 1 atom stereocenters. The molecule has 4 rings (SSSR count). The molecule has 0 saturated heterocycles. The number of hydrogen-bond acceptors (Lipinski definition) is 8. The molecule has 2 aromatic rings. The van der Waals surface area contributed by atoms with Crippen molar-refractivity contribution >= 4 is 35.3 Å². The number of nitrogens with zero attached hydrogens (tertiary/aromatic N) is 5. The van der Waals surface area contributed by atoms with Crippen molar-refractivity contribution in [3.05, 3.63) is 70.2 Å². The zero-order chi connectivity index (χ0) is 28.6. The lowest BCUT2D eigenvalue weighted by Crippen LogP contribution is -2.42. The van der Waals surface area contributed by atoms with Gasteiger partial charge in [-0.3, -0.25) is 19.4 Å². The minimum Gasteiger partial charge on any atom is -0.453 e.